The van der Waals surface area contributed by atoms with Crippen LogP contribution in [0.5, 0.6) is 0 Å². The van der Waals surface area contributed by atoms with Gasteiger partial charge in [-0.1, -0.05) is 25.7 Å². The Hall–Kier alpha value is -0.0831. The molecule has 0 spiro atoms. The van der Waals surface area contributed by atoms with E-state index < -0.39 is 8.07 Å². The summed E-state index contributed by atoms with van der Waals surface area (Å²) in [5, 5.41) is 0.186. The van der Waals surface area contributed by atoms with E-state index >= 15 is 0 Å². The lowest BCUT2D eigenvalue weighted by atomic mass is 9.91. The molecule has 0 radical (unpaired) electrons. The third-order valence-corrected chi connectivity index (χ3v) is 7.43. The second kappa shape index (κ2) is 4.65. The van der Waals surface area contributed by atoms with E-state index in [1.54, 1.807) is 5.57 Å². The molecule has 2 aliphatic rings. The highest BCUT2D eigenvalue weighted by Crippen LogP contribution is 2.43. The van der Waals surface area contributed by atoms with Crippen molar-refractivity contribution in [1.82, 2.24) is 0 Å². The fraction of sp³-hybridized carbons (Fsp3) is 0.857. The predicted octanol–water partition coefficient (Wildman–Crippen LogP) is 4.30. The summed E-state index contributed by atoms with van der Waals surface area (Å²) in [4.78, 5) is 0. The molecule has 0 N–H and O–H groups in total. The lowest BCUT2D eigenvalue weighted by Crippen LogP contribution is -2.57. The van der Waals surface area contributed by atoms with Gasteiger partial charge in [0.05, 0.1) is 13.3 Å². The Morgan fingerprint density at radius 2 is 1.94 bits per heavy atom. The maximum absolute atomic E-state index is 6.36. The van der Waals surface area contributed by atoms with E-state index in [9.17, 15) is 0 Å². The number of hydrogen-bond acceptors (Lipinski definition) is 1. The molecule has 1 aliphatic carbocycles. The molecule has 0 bridgehead atoms. The van der Waals surface area contributed by atoms with Crippen molar-refractivity contribution in [3.63, 3.8) is 0 Å². The standard InChI is InChI=1S/C14H26OSi/c1-16(2,3)14(11-7-8-12-15-14)13-9-5-4-6-10-13/h9H,4-8,10-12H2,1-3H3. The first-order chi connectivity index (χ1) is 7.56. The van der Waals surface area contributed by atoms with Gasteiger partial charge in [-0.3, -0.25) is 0 Å². The molecule has 1 aliphatic heterocycles. The summed E-state index contributed by atoms with van der Waals surface area (Å²) >= 11 is 0. The first kappa shape index (κ1) is 12.4. The summed E-state index contributed by atoms with van der Waals surface area (Å²) in [6.45, 7) is 8.43. The molecule has 1 atom stereocenters. The van der Waals surface area contributed by atoms with E-state index in [1.807, 2.05) is 0 Å². The maximum atomic E-state index is 6.36. The highest BCUT2D eigenvalue weighted by Gasteiger charge is 2.47. The Bertz CT molecular complexity index is 269. The van der Waals surface area contributed by atoms with Crippen molar-refractivity contribution in [3.05, 3.63) is 11.6 Å². The molecule has 0 aromatic carbocycles. The predicted molar refractivity (Wildman–Crippen MR) is 72.4 cm³/mol. The van der Waals surface area contributed by atoms with Crippen LogP contribution in [0.25, 0.3) is 0 Å². The number of ether oxygens (including phenoxy) is 1. The molecule has 0 amide bonds. The Balaban J connectivity index is 2.29. The molecule has 0 saturated carbocycles. The van der Waals surface area contributed by atoms with Gasteiger partial charge >= 0.3 is 0 Å². The SMILES string of the molecule is C[Si](C)(C)C1(C2=CCCCC2)CCCCO1. The van der Waals surface area contributed by atoms with E-state index in [2.05, 4.69) is 25.7 Å². The van der Waals surface area contributed by atoms with Gasteiger partial charge in [-0.2, -0.15) is 0 Å². The third kappa shape index (κ3) is 2.14. The van der Waals surface area contributed by atoms with Crippen molar-refractivity contribution >= 4 is 8.07 Å². The fourth-order valence-electron chi connectivity index (χ4n) is 3.33. The zero-order valence-corrected chi connectivity index (χ0v) is 12.1. The molecular formula is C14H26OSi. The van der Waals surface area contributed by atoms with Crippen LogP contribution in [0.2, 0.25) is 19.6 Å². The Morgan fingerprint density at radius 3 is 2.44 bits per heavy atom. The van der Waals surface area contributed by atoms with Crippen LogP contribution in [-0.2, 0) is 4.74 Å². The monoisotopic (exact) mass is 238 g/mol. The molecule has 1 nitrogen and oxygen atoms in total. The normalized spacial score (nSPS) is 32.3. The molecule has 1 saturated heterocycles. The molecule has 0 aromatic rings. The second-order valence-corrected chi connectivity index (χ2v) is 11.7. The van der Waals surface area contributed by atoms with Crippen molar-refractivity contribution in [2.75, 3.05) is 6.61 Å². The average molecular weight is 238 g/mol. The van der Waals surface area contributed by atoms with Crippen LogP contribution in [0.4, 0.5) is 0 Å². The average Bonchev–Trinajstić information content (AvgIpc) is 2.30. The zero-order valence-electron chi connectivity index (χ0n) is 11.1. The number of hydrogen-bond donors (Lipinski definition) is 0. The lowest BCUT2D eigenvalue weighted by molar-refractivity contribution is -0.00359. The Kier molecular flexibility index (Phi) is 3.60. The largest absolute Gasteiger partial charge is 0.374 e. The highest BCUT2D eigenvalue weighted by atomic mass is 28.3. The van der Waals surface area contributed by atoms with Crippen molar-refractivity contribution < 1.29 is 4.74 Å². The summed E-state index contributed by atoms with van der Waals surface area (Å²) in [5.41, 5.74) is 1.66. The van der Waals surface area contributed by atoms with Gasteiger partial charge in [0.25, 0.3) is 0 Å². The highest BCUT2D eigenvalue weighted by molar-refractivity contribution is 6.79. The van der Waals surface area contributed by atoms with E-state index in [4.69, 9.17) is 4.74 Å². The minimum atomic E-state index is -1.28. The fourth-order valence-corrected chi connectivity index (χ4v) is 5.98. The molecule has 0 aromatic heterocycles. The van der Waals surface area contributed by atoms with Crippen molar-refractivity contribution in [1.29, 1.82) is 0 Å². The van der Waals surface area contributed by atoms with Gasteiger partial charge in [-0.25, -0.2) is 0 Å². The van der Waals surface area contributed by atoms with E-state index in [1.165, 1.54) is 44.9 Å². The molecule has 1 unspecified atom stereocenters. The van der Waals surface area contributed by atoms with Crippen LogP contribution in [0.15, 0.2) is 11.6 Å². The summed E-state index contributed by atoms with van der Waals surface area (Å²) in [6, 6.07) is 0. The first-order valence-electron chi connectivity index (χ1n) is 6.90. The molecule has 1 fully saturated rings. The zero-order chi connectivity index (χ0) is 11.6. The summed E-state index contributed by atoms with van der Waals surface area (Å²) in [6.07, 6.45) is 11.8. The summed E-state index contributed by atoms with van der Waals surface area (Å²) < 4.78 is 6.36. The van der Waals surface area contributed by atoms with Crippen LogP contribution in [0.1, 0.15) is 44.9 Å². The van der Waals surface area contributed by atoms with Gasteiger partial charge < -0.3 is 4.74 Å². The lowest BCUT2D eigenvalue weighted by Gasteiger charge is -2.48. The van der Waals surface area contributed by atoms with Gasteiger partial charge in [-0.15, -0.1) is 0 Å². The number of rotatable bonds is 2. The van der Waals surface area contributed by atoms with Gasteiger partial charge in [0.2, 0.25) is 0 Å². The van der Waals surface area contributed by atoms with Gasteiger partial charge in [0.15, 0.2) is 0 Å². The Morgan fingerprint density at radius 1 is 1.12 bits per heavy atom. The van der Waals surface area contributed by atoms with Gasteiger partial charge in [0, 0.05) is 6.61 Å². The van der Waals surface area contributed by atoms with Crippen LogP contribution >= 0.6 is 0 Å². The van der Waals surface area contributed by atoms with Crippen LogP contribution in [-0.4, -0.2) is 19.9 Å². The second-order valence-electron chi connectivity index (χ2n) is 6.36. The van der Waals surface area contributed by atoms with Crippen molar-refractivity contribution in [2.24, 2.45) is 0 Å². The minimum Gasteiger partial charge on any atom is -0.374 e. The Labute approximate surface area is 101 Å². The first-order valence-corrected chi connectivity index (χ1v) is 10.4. The molecule has 2 heteroatoms. The van der Waals surface area contributed by atoms with E-state index in [0.29, 0.717) is 0 Å². The quantitative estimate of drug-likeness (QED) is 0.515. The smallest absolute Gasteiger partial charge is 0.0877 e. The number of allylic oxidation sites excluding steroid dienone is 1. The van der Waals surface area contributed by atoms with Crippen LogP contribution in [0.3, 0.4) is 0 Å². The van der Waals surface area contributed by atoms with E-state index in [-0.39, 0.29) is 5.22 Å². The van der Waals surface area contributed by atoms with Gasteiger partial charge in [0.1, 0.15) is 0 Å². The maximum Gasteiger partial charge on any atom is 0.0877 e. The van der Waals surface area contributed by atoms with Crippen molar-refractivity contribution in [2.45, 2.75) is 69.8 Å². The van der Waals surface area contributed by atoms with E-state index in [0.717, 1.165) is 6.61 Å². The van der Waals surface area contributed by atoms with Crippen molar-refractivity contribution in [3.8, 4) is 0 Å². The topological polar surface area (TPSA) is 9.23 Å². The summed E-state index contributed by atoms with van der Waals surface area (Å²) in [5.74, 6) is 0. The molecule has 92 valence electrons. The van der Waals surface area contributed by atoms with Gasteiger partial charge in [-0.05, 0) is 50.5 Å². The van der Waals surface area contributed by atoms with Crippen LogP contribution < -0.4 is 0 Å². The molecule has 16 heavy (non-hydrogen) atoms. The minimum absolute atomic E-state index is 0.186. The molecular weight excluding hydrogens is 212 g/mol. The van der Waals surface area contributed by atoms with Crippen LogP contribution in [0, 0.1) is 0 Å². The third-order valence-electron chi connectivity index (χ3n) is 4.29. The molecule has 2 rings (SSSR count). The summed E-state index contributed by atoms with van der Waals surface area (Å²) in [7, 11) is -1.28. The molecule has 1 heterocycles.